The normalized spacial score (nSPS) is 30.0. The number of carbonyl (C=O) groups excluding carboxylic acids is 1. The van der Waals surface area contributed by atoms with Crippen LogP contribution in [0.15, 0.2) is 66.7 Å². The van der Waals surface area contributed by atoms with Crippen molar-refractivity contribution in [2.75, 3.05) is 7.11 Å². The van der Waals surface area contributed by atoms with Crippen molar-refractivity contribution >= 4 is 5.78 Å². The molecule has 1 aliphatic heterocycles. The largest absolute Gasteiger partial charge is 0.493 e. The van der Waals surface area contributed by atoms with Gasteiger partial charge >= 0.3 is 0 Å². The standard InChI is InChI=1S/C19H20O3/c1-4-10-19-12-16(21-3)15(20)11-17(19)22-18(13(19)2)14-8-6-5-7-9-14/h4-9,11-13,18H,1,10H2,2-3H3. The van der Waals surface area contributed by atoms with Crippen molar-refractivity contribution in [2.24, 2.45) is 11.3 Å². The molecule has 1 saturated heterocycles. The number of carbonyl (C=O) groups is 1. The van der Waals surface area contributed by atoms with Gasteiger partial charge in [0.05, 0.1) is 12.5 Å². The molecule has 1 aliphatic carbocycles. The van der Waals surface area contributed by atoms with E-state index in [2.05, 4.69) is 25.6 Å². The van der Waals surface area contributed by atoms with E-state index < -0.39 is 0 Å². The molecule has 0 bridgehead atoms. The average Bonchev–Trinajstić information content (AvgIpc) is 2.81. The first-order valence-corrected chi connectivity index (χ1v) is 7.48. The van der Waals surface area contributed by atoms with E-state index in [9.17, 15) is 4.79 Å². The van der Waals surface area contributed by atoms with Gasteiger partial charge in [-0.3, -0.25) is 4.79 Å². The Kier molecular flexibility index (Phi) is 3.65. The number of ether oxygens (including phenoxy) is 2. The molecular formula is C19H20O3. The third kappa shape index (κ3) is 2.08. The van der Waals surface area contributed by atoms with E-state index >= 15 is 0 Å². The van der Waals surface area contributed by atoms with Gasteiger partial charge in [-0.25, -0.2) is 0 Å². The van der Waals surface area contributed by atoms with Gasteiger partial charge < -0.3 is 9.47 Å². The van der Waals surface area contributed by atoms with Crippen LogP contribution in [0.1, 0.15) is 25.0 Å². The van der Waals surface area contributed by atoms with Gasteiger partial charge in [-0.1, -0.05) is 43.3 Å². The van der Waals surface area contributed by atoms with Crippen LogP contribution in [-0.2, 0) is 14.3 Å². The van der Waals surface area contributed by atoms with Gasteiger partial charge in [0.1, 0.15) is 11.9 Å². The minimum absolute atomic E-state index is 0.0762. The highest BCUT2D eigenvalue weighted by Crippen LogP contribution is 2.57. The van der Waals surface area contributed by atoms with E-state index in [1.165, 1.54) is 7.11 Å². The summed E-state index contributed by atoms with van der Waals surface area (Å²) in [6, 6.07) is 10.1. The lowest BCUT2D eigenvalue weighted by molar-refractivity contribution is -0.114. The molecule has 1 heterocycles. The minimum atomic E-state index is -0.360. The smallest absolute Gasteiger partial charge is 0.223 e. The molecule has 3 nitrogen and oxygen atoms in total. The van der Waals surface area contributed by atoms with E-state index in [0.29, 0.717) is 12.2 Å². The van der Waals surface area contributed by atoms with Gasteiger partial charge in [-0.05, 0) is 18.1 Å². The van der Waals surface area contributed by atoms with E-state index in [1.54, 1.807) is 6.08 Å². The highest BCUT2D eigenvalue weighted by Gasteiger charge is 2.52. The van der Waals surface area contributed by atoms with Crippen molar-refractivity contribution in [3.63, 3.8) is 0 Å². The second-order valence-electron chi connectivity index (χ2n) is 5.86. The van der Waals surface area contributed by atoms with Crippen LogP contribution in [0.3, 0.4) is 0 Å². The minimum Gasteiger partial charge on any atom is -0.493 e. The second kappa shape index (κ2) is 5.48. The Balaban J connectivity index is 2.07. The van der Waals surface area contributed by atoms with Crippen LogP contribution in [0.5, 0.6) is 0 Å². The molecule has 3 unspecified atom stereocenters. The molecule has 114 valence electrons. The number of methoxy groups -OCH3 is 1. The molecule has 2 aliphatic rings. The van der Waals surface area contributed by atoms with Gasteiger partial charge in [0, 0.05) is 12.0 Å². The quantitative estimate of drug-likeness (QED) is 0.789. The fourth-order valence-electron chi connectivity index (χ4n) is 3.45. The molecule has 0 spiro atoms. The summed E-state index contributed by atoms with van der Waals surface area (Å²) >= 11 is 0. The summed E-state index contributed by atoms with van der Waals surface area (Å²) in [4.78, 5) is 12.1. The summed E-state index contributed by atoms with van der Waals surface area (Å²) in [5.74, 6) is 1.14. The SMILES string of the molecule is C=CCC12C=C(OC)C(=O)C=C1OC(c1ccccc1)C2C. The van der Waals surface area contributed by atoms with Crippen LogP contribution in [0.25, 0.3) is 0 Å². The maximum atomic E-state index is 12.1. The van der Waals surface area contributed by atoms with Gasteiger partial charge in [0.15, 0.2) is 5.76 Å². The Morgan fingerprint density at radius 1 is 1.36 bits per heavy atom. The van der Waals surface area contributed by atoms with Gasteiger partial charge in [0.2, 0.25) is 5.78 Å². The van der Waals surface area contributed by atoms with E-state index in [0.717, 1.165) is 11.3 Å². The Bertz CT molecular complexity index is 657. The molecule has 3 atom stereocenters. The van der Waals surface area contributed by atoms with Crippen LogP contribution in [0, 0.1) is 11.3 Å². The number of ketones is 1. The summed E-state index contributed by atoms with van der Waals surface area (Å²) in [6.45, 7) is 6.03. The average molecular weight is 296 g/mol. The number of allylic oxidation sites excluding steroid dienone is 3. The van der Waals surface area contributed by atoms with Crippen molar-refractivity contribution in [3.05, 3.63) is 72.2 Å². The van der Waals surface area contributed by atoms with Crippen molar-refractivity contribution in [2.45, 2.75) is 19.4 Å². The summed E-state index contributed by atoms with van der Waals surface area (Å²) in [5, 5.41) is 0. The summed E-state index contributed by atoms with van der Waals surface area (Å²) in [5.41, 5.74) is 0.759. The Hall–Kier alpha value is -2.29. The molecule has 22 heavy (non-hydrogen) atoms. The lowest BCUT2D eigenvalue weighted by atomic mass is 9.69. The van der Waals surface area contributed by atoms with Crippen molar-refractivity contribution in [3.8, 4) is 0 Å². The molecule has 0 N–H and O–H groups in total. The van der Waals surface area contributed by atoms with E-state index in [4.69, 9.17) is 9.47 Å². The zero-order valence-corrected chi connectivity index (χ0v) is 12.9. The fourth-order valence-corrected chi connectivity index (χ4v) is 3.45. The van der Waals surface area contributed by atoms with Gasteiger partial charge in [0.25, 0.3) is 0 Å². The van der Waals surface area contributed by atoms with Gasteiger partial charge in [-0.2, -0.15) is 0 Å². The number of fused-ring (bicyclic) bond motifs is 1. The Morgan fingerprint density at radius 3 is 2.73 bits per heavy atom. The molecule has 0 radical (unpaired) electrons. The van der Waals surface area contributed by atoms with Crippen molar-refractivity contribution in [1.82, 2.24) is 0 Å². The fraction of sp³-hybridized carbons (Fsp3) is 0.316. The number of hydrogen-bond acceptors (Lipinski definition) is 3. The third-order valence-corrected chi connectivity index (χ3v) is 4.70. The zero-order chi connectivity index (χ0) is 15.7. The molecule has 3 heteroatoms. The van der Waals surface area contributed by atoms with Crippen LogP contribution in [-0.4, -0.2) is 12.9 Å². The molecule has 0 aromatic heterocycles. The maximum Gasteiger partial charge on any atom is 0.223 e. The van der Waals surface area contributed by atoms with Crippen LogP contribution in [0.2, 0.25) is 0 Å². The number of rotatable bonds is 4. The van der Waals surface area contributed by atoms with Crippen molar-refractivity contribution < 1.29 is 14.3 Å². The lowest BCUT2D eigenvalue weighted by Gasteiger charge is -2.31. The molecule has 3 rings (SSSR count). The lowest BCUT2D eigenvalue weighted by Crippen LogP contribution is -2.29. The molecule has 1 aromatic carbocycles. The van der Waals surface area contributed by atoms with E-state index in [1.807, 2.05) is 30.4 Å². The van der Waals surface area contributed by atoms with Crippen molar-refractivity contribution in [1.29, 1.82) is 0 Å². The topological polar surface area (TPSA) is 35.5 Å². The second-order valence-corrected chi connectivity index (χ2v) is 5.86. The van der Waals surface area contributed by atoms with Crippen LogP contribution in [0.4, 0.5) is 0 Å². The Labute approximate surface area is 130 Å². The first-order valence-electron chi connectivity index (χ1n) is 7.48. The first kappa shape index (κ1) is 14.6. The molecule has 0 saturated carbocycles. The monoisotopic (exact) mass is 296 g/mol. The van der Waals surface area contributed by atoms with E-state index in [-0.39, 0.29) is 23.2 Å². The Morgan fingerprint density at radius 2 is 2.09 bits per heavy atom. The highest BCUT2D eigenvalue weighted by atomic mass is 16.5. The number of hydrogen-bond donors (Lipinski definition) is 0. The molecular weight excluding hydrogens is 276 g/mol. The summed E-state index contributed by atoms with van der Waals surface area (Å²) < 4.78 is 11.4. The third-order valence-electron chi connectivity index (χ3n) is 4.70. The number of benzene rings is 1. The van der Waals surface area contributed by atoms with Crippen LogP contribution < -0.4 is 0 Å². The predicted molar refractivity (Wildman–Crippen MR) is 84.9 cm³/mol. The molecule has 1 fully saturated rings. The molecule has 0 amide bonds. The molecule has 1 aromatic rings. The summed E-state index contributed by atoms with van der Waals surface area (Å²) in [6.07, 6.45) is 6.00. The highest BCUT2D eigenvalue weighted by molar-refractivity contribution is 6.04. The zero-order valence-electron chi connectivity index (χ0n) is 12.9. The van der Waals surface area contributed by atoms with Crippen LogP contribution >= 0.6 is 0 Å². The van der Waals surface area contributed by atoms with Gasteiger partial charge in [-0.15, -0.1) is 6.58 Å². The predicted octanol–water partition coefficient (Wildman–Crippen LogP) is 3.95. The first-order chi connectivity index (χ1) is 10.6. The summed E-state index contributed by atoms with van der Waals surface area (Å²) in [7, 11) is 1.53. The maximum absolute atomic E-state index is 12.1.